The maximum Gasteiger partial charge on any atom is 0.224 e. The Kier molecular flexibility index (Phi) is 4.39. The van der Waals surface area contributed by atoms with Gasteiger partial charge in [-0.15, -0.1) is 0 Å². The molecule has 0 saturated heterocycles. The fourth-order valence-corrected chi connectivity index (χ4v) is 2.17. The van der Waals surface area contributed by atoms with Gasteiger partial charge in [-0.25, -0.2) is 0 Å². The van der Waals surface area contributed by atoms with Crippen molar-refractivity contribution in [3.8, 4) is 0 Å². The van der Waals surface area contributed by atoms with Crippen LogP contribution in [0.2, 0.25) is 0 Å². The predicted octanol–water partition coefficient (Wildman–Crippen LogP) is 1.42. The molecule has 0 aromatic heterocycles. The van der Waals surface area contributed by atoms with Crippen LogP contribution in [-0.2, 0) is 4.79 Å². The summed E-state index contributed by atoms with van der Waals surface area (Å²) in [6.45, 7) is 4.19. The lowest BCUT2D eigenvalue weighted by molar-refractivity contribution is -0.125. The van der Waals surface area contributed by atoms with E-state index in [1.54, 1.807) is 0 Å². The van der Waals surface area contributed by atoms with Gasteiger partial charge in [0.15, 0.2) is 0 Å². The largest absolute Gasteiger partial charge is 0.353 e. The summed E-state index contributed by atoms with van der Waals surface area (Å²) in [7, 11) is 0. The first-order chi connectivity index (χ1) is 6.65. The number of nitrogens with two attached hydrogens (primary N) is 1. The molecule has 14 heavy (non-hydrogen) atoms. The van der Waals surface area contributed by atoms with Crippen LogP contribution in [0.1, 0.15) is 46.0 Å². The van der Waals surface area contributed by atoms with E-state index in [9.17, 15) is 4.79 Å². The molecule has 3 N–H and O–H groups in total. The Bertz CT molecular complexity index is 194. The Morgan fingerprint density at radius 2 is 2.29 bits per heavy atom. The summed E-state index contributed by atoms with van der Waals surface area (Å²) in [5, 5.41) is 3.03. The lowest BCUT2D eigenvalue weighted by atomic mass is 10.0. The Hall–Kier alpha value is -0.570. The van der Waals surface area contributed by atoms with Gasteiger partial charge in [0.05, 0.1) is 5.92 Å². The summed E-state index contributed by atoms with van der Waals surface area (Å²) in [6.07, 6.45) is 5.22. The van der Waals surface area contributed by atoms with E-state index >= 15 is 0 Å². The van der Waals surface area contributed by atoms with Gasteiger partial charge in [0.25, 0.3) is 0 Å². The molecule has 1 aliphatic carbocycles. The summed E-state index contributed by atoms with van der Waals surface area (Å²) in [5.74, 6) is 0.227. The minimum Gasteiger partial charge on any atom is -0.353 e. The maximum atomic E-state index is 11.7. The topological polar surface area (TPSA) is 55.1 Å². The zero-order valence-electron chi connectivity index (χ0n) is 9.25. The Morgan fingerprint density at radius 1 is 1.57 bits per heavy atom. The highest BCUT2D eigenvalue weighted by atomic mass is 16.2. The van der Waals surface area contributed by atoms with Gasteiger partial charge in [0.1, 0.15) is 0 Å². The molecule has 3 unspecified atom stereocenters. The number of carbonyl (C=O) groups is 1. The van der Waals surface area contributed by atoms with Crippen LogP contribution in [0.25, 0.3) is 0 Å². The second-order valence-corrected chi connectivity index (χ2v) is 4.40. The van der Waals surface area contributed by atoms with E-state index < -0.39 is 0 Å². The molecule has 1 rings (SSSR count). The molecule has 1 fully saturated rings. The van der Waals surface area contributed by atoms with E-state index in [2.05, 4.69) is 19.2 Å². The van der Waals surface area contributed by atoms with Gasteiger partial charge in [0, 0.05) is 12.1 Å². The van der Waals surface area contributed by atoms with Gasteiger partial charge in [-0.05, 0) is 26.2 Å². The normalized spacial score (nSPS) is 28.8. The lowest BCUT2D eigenvalue weighted by Crippen LogP contribution is -2.42. The van der Waals surface area contributed by atoms with Crippen LogP contribution in [-0.4, -0.2) is 18.0 Å². The third-order valence-corrected chi connectivity index (χ3v) is 3.02. The zero-order chi connectivity index (χ0) is 10.6. The maximum absolute atomic E-state index is 11.7. The highest BCUT2D eigenvalue weighted by molar-refractivity contribution is 5.79. The zero-order valence-corrected chi connectivity index (χ0v) is 9.25. The highest BCUT2D eigenvalue weighted by Gasteiger charge is 2.30. The number of nitrogens with one attached hydrogen (secondary N) is 1. The Balaban J connectivity index is 2.33. The first-order valence-electron chi connectivity index (χ1n) is 5.71. The monoisotopic (exact) mass is 198 g/mol. The first-order valence-corrected chi connectivity index (χ1v) is 5.71. The number of carbonyl (C=O) groups excluding carboxylic acids is 1. The predicted molar refractivity (Wildman–Crippen MR) is 57.8 cm³/mol. The molecule has 0 bridgehead atoms. The standard InChI is InChI=1S/C11H22N2O/c1-3-5-8(2)13-11(14)9-6-4-7-10(9)12/h8-10H,3-7,12H2,1-2H3,(H,13,14). The minimum atomic E-state index is 0.0642. The molecule has 1 aliphatic rings. The highest BCUT2D eigenvalue weighted by Crippen LogP contribution is 2.24. The van der Waals surface area contributed by atoms with Gasteiger partial charge in [-0.1, -0.05) is 19.8 Å². The van der Waals surface area contributed by atoms with Crippen molar-refractivity contribution >= 4 is 5.91 Å². The molecule has 1 amide bonds. The average Bonchev–Trinajstić information content (AvgIpc) is 2.51. The quantitative estimate of drug-likeness (QED) is 0.717. The Labute approximate surface area is 86.4 Å². The van der Waals surface area contributed by atoms with Crippen LogP contribution in [0.15, 0.2) is 0 Å². The third-order valence-electron chi connectivity index (χ3n) is 3.02. The second-order valence-electron chi connectivity index (χ2n) is 4.40. The van der Waals surface area contributed by atoms with E-state index in [0.717, 1.165) is 32.1 Å². The minimum absolute atomic E-state index is 0.0642. The van der Waals surface area contributed by atoms with E-state index in [1.807, 2.05) is 0 Å². The molecule has 3 nitrogen and oxygen atoms in total. The second kappa shape index (κ2) is 5.35. The van der Waals surface area contributed by atoms with Crippen LogP contribution in [0.3, 0.4) is 0 Å². The Morgan fingerprint density at radius 3 is 2.79 bits per heavy atom. The van der Waals surface area contributed by atoms with Crippen LogP contribution in [0.4, 0.5) is 0 Å². The van der Waals surface area contributed by atoms with Gasteiger partial charge in [0.2, 0.25) is 5.91 Å². The molecule has 0 radical (unpaired) electrons. The molecule has 0 aliphatic heterocycles. The first kappa shape index (κ1) is 11.5. The molecule has 0 heterocycles. The summed E-state index contributed by atoms with van der Waals surface area (Å²) in [6, 6.07) is 0.379. The van der Waals surface area contributed by atoms with Crippen molar-refractivity contribution < 1.29 is 4.79 Å². The van der Waals surface area contributed by atoms with Gasteiger partial charge in [-0.3, -0.25) is 4.79 Å². The van der Waals surface area contributed by atoms with Crippen LogP contribution >= 0.6 is 0 Å². The smallest absolute Gasteiger partial charge is 0.224 e. The van der Waals surface area contributed by atoms with E-state index in [1.165, 1.54) is 0 Å². The van der Waals surface area contributed by atoms with Crippen molar-refractivity contribution in [2.24, 2.45) is 11.7 Å². The molecule has 0 spiro atoms. The fraction of sp³-hybridized carbons (Fsp3) is 0.909. The summed E-state index contributed by atoms with van der Waals surface area (Å²) in [4.78, 5) is 11.7. The van der Waals surface area contributed by atoms with Crippen LogP contribution in [0.5, 0.6) is 0 Å². The SMILES string of the molecule is CCCC(C)NC(=O)C1CCCC1N. The van der Waals surface area contributed by atoms with Crippen molar-refractivity contribution in [2.45, 2.75) is 58.0 Å². The van der Waals surface area contributed by atoms with E-state index in [0.29, 0.717) is 6.04 Å². The summed E-state index contributed by atoms with van der Waals surface area (Å²) < 4.78 is 0. The van der Waals surface area contributed by atoms with Gasteiger partial charge < -0.3 is 11.1 Å². The number of hydrogen-bond donors (Lipinski definition) is 2. The summed E-state index contributed by atoms with van der Waals surface area (Å²) >= 11 is 0. The molecule has 0 aromatic rings. The molecule has 3 heteroatoms. The van der Waals surface area contributed by atoms with Crippen molar-refractivity contribution in [3.63, 3.8) is 0 Å². The van der Waals surface area contributed by atoms with E-state index in [-0.39, 0.29) is 17.9 Å². The van der Waals surface area contributed by atoms with Gasteiger partial charge >= 0.3 is 0 Å². The molecule has 3 atom stereocenters. The van der Waals surface area contributed by atoms with Gasteiger partial charge in [-0.2, -0.15) is 0 Å². The average molecular weight is 198 g/mol. The van der Waals surface area contributed by atoms with Crippen LogP contribution in [0, 0.1) is 5.92 Å². The van der Waals surface area contributed by atoms with Crippen molar-refractivity contribution in [1.29, 1.82) is 0 Å². The summed E-state index contributed by atoms with van der Waals surface area (Å²) in [5.41, 5.74) is 5.87. The molecular formula is C11H22N2O. The third kappa shape index (κ3) is 2.98. The molecular weight excluding hydrogens is 176 g/mol. The van der Waals surface area contributed by atoms with Crippen molar-refractivity contribution in [2.75, 3.05) is 0 Å². The lowest BCUT2D eigenvalue weighted by Gasteiger charge is -2.19. The van der Waals surface area contributed by atoms with Crippen molar-refractivity contribution in [1.82, 2.24) is 5.32 Å². The molecule has 1 saturated carbocycles. The van der Waals surface area contributed by atoms with Crippen LogP contribution < -0.4 is 11.1 Å². The van der Waals surface area contributed by atoms with E-state index in [4.69, 9.17) is 5.73 Å². The van der Waals surface area contributed by atoms with Crippen molar-refractivity contribution in [3.05, 3.63) is 0 Å². The number of amides is 1. The fourth-order valence-electron chi connectivity index (χ4n) is 2.17. The number of rotatable bonds is 4. The molecule has 82 valence electrons. The molecule has 0 aromatic carbocycles. The number of hydrogen-bond acceptors (Lipinski definition) is 2.